The maximum absolute atomic E-state index is 14.2. The number of anilines is 1. The van der Waals surface area contributed by atoms with Crippen molar-refractivity contribution in [3.8, 4) is 0 Å². The normalized spacial score (nSPS) is 24.9. The monoisotopic (exact) mass is 640 g/mol. The SMILES string of the molecule is O=C(O[C@@H]1Cc2cc(c3[nH]ncc3c2)C2CN(CCCN2C2CCNCC2)C1=O)N1CCC(N2CCc3ccccc3NC2=O)CC1. The second-order valence-electron chi connectivity index (χ2n) is 13.7. The van der Waals surface area contributed by atoms with E-state index in [4.69, 9.17) is 4.74 Å². The van der Waals surface area contributed by atoms with Gasteiger partial charge in [0.1, 0.15) is 0 Å². The topological polar surface area (TPSA) is 126 Å². The van der Waals surface area contributed by atoms with Gasteiger partial charge in [-0.1, -0.05) is 24.3 Å². The number of carbonyl (C=O) groups is 3. The van der Waals surface area contributed by atoms with E-state index in [0.717, 1.165) is 73.0 Å². The van der Waals surface area contributed by atoms with Crippen LogP contribution in [0.3, 0.4) is 0 Å². The van der Waals surface area contributed by atoms with E-state index in [1.807, 2.05) is 34.2 Å². The minimum atomic E-state index is -0.906. The van der Waals surface area contributed by atoms with E-state index >= 15 is 0 Å². The van der Waals surface area contributed by atoms with Gasteiger partial charge < -0.3 is 30.1 Å². The Labute approximate surface area is 274 Å². The lowest BCUT2D eigenvalue weighted by Crippen LogP contribution is -2.51. The molecular formula is C35H44N8O4. The summed E-state index contributed by atoms with van der Waals surface area (Å²) in [5.74, 6) is -0.115. The van der Waals surface area contributed by atoms with Gasteiger partial charge in [0.2, 0.25) is 0 Å². The quantitative estimate of drug-likeness (QED) is 0.400. The Balaban J connectivity index is 0.980. The van der Waals surface area contributed by atoms with Gasteiger partial charge in [0.25, 0.3) is 5.91 Å². The molecule has 8 rings (SSSR count). The third-order valence-corrected chi connectivity index (χ3v) is 11.0. The number of piperidine rings is 2. The molecule has 4 bridgehead atoms. The van der Waals surface area contributed by atoms with E-state index in [1.165, 1.54) is 5.56 Å². The number of aromatic nitrogens is 2. The molecule has 47 heavy (non-hydrogen) atoms. The van der Waals surface area contributed by atoms with Gasteiger partial charge in [-0.25, -0.2) is 9.59 Å². The van der Waals surface area contributed by atoms with Gasteiger partial charge in [-0.05, 0) is 80.4 Å². The Morgan fingerprint density at radius 2 is 1.77 bits per heavy atom. The first-order valence-electron chi connectivity index (χ1n) is 17.3. The zero-order valence-corrected chi connectivity index (χ0v) is 26.8. The second-order valence-corrected chi connectivity index (χ2v) is 13.7. The van der Waals surface area contributed by atoms with Crippen molar-refractivity contribution in [3.63, 3.8) is 0 Å². The summed E-state index contributed by atoms with van der Waals surface area (Å²) in [6.07, 6.45) is 5.97. The van der Waals surface area contributed by atoms with Crippen LogP contribution in [0, 0.1) is 0 Å². The number of urea groups is 1. The number of aromatic amines is 1. The fourth-order valence-electron chi connectivity index (χ4n) is 8.48. The van der Waals surface area contributed by atoms with Crippen molar-refractivity contribution in [2.24, 2.45) is 0 Å². The predicted molar refractivity (Wildman–Crippen MR) is 177 cm³/mol. The van der Waals surface area contributed by atoms with Crippen molar-refractivity contribution in [1.29, 1.82) is 0 Å². The third-order valence-electron chi connectivity index (χ3n) is 11.0. The van der Waals surface area contributed by atoms with Crippen molar-refractivity contribution in [1.82, 2.24) is 35.1 Å². The van der Waals surface area contributed by atoms with Gasteiger partial charge >= 0.3 is 12.1 Å². The lowest BCUT2D eigenvalue weighted by Gasteiger charge is -2.40. The largest absolute Gasteiger partial charge is 0.436 e. The molecule has 6 heterocycles. The number of nitrogens with one attached hydrogen (secondary N) is 3. The number of benzene rings is 2. The average Bonchev–Trinajstić information content (AvgIpc) is 3.38. The molecule has 3 fully saturated rings. The van der Waals surface area contributed by atoms with Gasteiger partial charge in [-0.2, -0.15) is 5.10 Å². The van der Waals surface area contributed by atoms with Gasteiger partial charge in [0, 0.05) is 68.8 Å². The summed E-state index contributed by atoms with van der Waals surface area (Å²) < 4.78 is 6.12. The van der Waals surface area contributed by atoms with Crippen molar-refractivity contribution >= 4 is 34.6 Å². The van der Waals surface area contributed by atoms with Gasteiger partial charge in [-0.3, -0.25) is 14.8 Å². The maximum atomic E-state index is 14.2. The molecule has 3 aromatic rings. The van der Waals surface area contributed by atoms with E-state index < -0.39 is 12.2 Å². The molecular weight excluding hydrogens is 596 g/mol. The Hall–Kier alpha value is -4.16. The number of hydrogen-bond donors (Lipinski definition) is 3. The third kappa shape index (κ3) is 5.93. The summed E-state index contributed by atoms with van der Waals surface area (Å²) in [5, 5.41) is 15.2. The lowest BCUT2D eigenvalue weighted by atomic mass is 9.94. The van der Waals surface area contributed by atoms with Crippen molar-refractivity contribution in [2.45, 2.75) is 69.2 Å². The molecule has 5 aliphatic heterocycles. The zero-order valence-electron chi connectivity index (χ0n) is 26.8. The molecule has 0 spiro atoms. The number of rotatable bonds is 3. The van der Waals surface area contributed by atoms with Crippen molar-refractivity contribution < 1.29 is 19.1 Å². The van der Waals surface area contributed by atoms with Crippen LogP contribution in [-0.2, 0) is 22.4 Å². The fourth-order valence-corrected chi connectivity index (χ4v) is 8.48. The van der Waals surface area contributed by atoms with Crippen LogP contribution >= 0.6 is 0 Å². The first-order chi connectivity index (χ1) is 23.0. The highest BCUT2D eigenvalue weighted by Gasteiger charge is 2.40. The van der Waals surface area contributed by atoms with Gasteiger partial charge in [0.05, 0.1) is 17.8 Å². The Kier molecular flexibility index (Phi) is 8.22. The zero-order chi connectivity index (χ0) is 31.9. The molecule has 3 saturated heterocycles. The highest BCUT2D eigenvalue weighted by Crippen LogP contribution is 2.36. The van der Waals surface area contributed by atoms with Crippen molar-refractivity contribution in [3.05, 3.63) is 59.3 Å². The highest BCUT2D eigenvalue weighted by molar-refractivity contribution is 5.91. The number of amides is 4. The molecule has 1 unspecified atom stereocenters. The summed E-state index contributed by atoms with van der Waals surface area (Å²) >= 11 is 0. The second kappa shape index (κ2) is 12.8. The molecule has 2 aromatic carbocycles. The van der Waals surface area contributed by atoms with Gasteiger partial charge in [-0.15, -0.1) is 0 Å². The van der Waals surface area contributed by atoms with Crippen molar-refractivity contribution in [2.75, 3.05) is 57.7 Å². The van der Waals surface area contributed by atoms with E-state index in [2.05, 4.69) is 43.9 Å². The number of fused-ring (bicyclic) bond motifs is 8. The maximum Gasteiger partial charge on any atom is 0.410 e. The molecule has 0 aliphatic carbocycles. The smallest absolute Gasteiger partial charge is 0.410 e. The number of carbonyl (C=O) groups excluding carboxylic acids is 3. The molecule has 0 saturated carbocycles. The number of ether oxygens (including phenoxy) is 1. The average molecular weight is 641 g/mol. The number of likely N-dealkylation sites (tertiary alicyclic amines) is 1. The van der Waals surface area contributed by atoms with E-state index in [-0.39, 0.29) is 24.0 Å². The van der Waals surface area contributed by atoms with Crippen LogP contribution in [0.2, 0.25) is 0 Å². The number of nitrogens with zero attached hydrogens (tertiary/aromatic N) is 5. The highest BCUT2D eigenvalue weighted by atomic mass is 16.6. The molecule has 12 heteroatoms. The summed E-state index contributed by atoms with van der Waals surface area (Å²) in [4.78, 5) is 49.1. The first-order valence-corrected chi connectivity index (χ1v) is 17.3. The summed E-state index contributed by atoms with van der Waals surface area (Å²) in [7, 11) is 0. The van der Waals surface area contributed by atoms with Crippen LogP contribution in [0.1, 0.15) is 54.8 Å². The van der Waals surface area contributed by atoms with Crippen LogP contribution in [0.15, 0.2) is 42.6 Å². The molecule has 12 nitrogen and oxygen atoms in total. The predicted octanol–water partition coefficient (Wildman–Crippen LogP) is 3.51. The van der Waals surface area contributed by atoms with E-state index in [9.17, 15) is 14.4 Å². The molecule has 248 valence electrons. The number of para-hydroxylation sites is 1. The molecule has 0 radical (unpaired) electrons. The van der Waals surface area contributed by atoms with E-state index in [0.29, 0.717) is 58.0 Å². The van der Waals surface area contributed by atoms with Crippen LogP contribution in [0.4, 0.5) is 15.3 Å². The lowest BCUT2D eigenvalue weighted by molar-refractivity contribution is -0.141. The Morgan fingerprint density at radius 3 is 2.62 bits per heavy atom. The van der Waals surface area contributed by atoms with Crippen LogP contribution in [0.5, 0.6) is 0 Å². The summed E-state index contributed by atoms with van der Waals surface area (Å²) in [6.45, 7) is 5.72. The fraction of sp³-hybridized carbons (Fsp3) is 0.543. The Bertz CT molecular complexity index is 1650. The number of H-pyrrole nitrogens is 1. The van der Waals surface area contributed by atoms with Gasteiger partial charge in [0.15, 0.2) is 6.10 Å². The van der Waals surface area contributed by atoms with Crippen LogP contribution < -0.4 is 10.6 Å². The molecule has 2 atom stereocenters. The molecule has 5 aliphatic rings. The molecule has 1 aromatic heterocycles. The van der Waals surface area contributed by atoms with Crippen LogP contribution in [-0.4, -0.2) is 118 Å². The first kappa shape index (κ1) is 30.2. The standard InChI is InChI=1S/C35H44N8O4/c44-33-31(47-35(46)40-15-9-27(10-16-40)43-17-8-24-4-1-2-5-29(24)38-34(43)45)20-23-18-25-21-37-39-32(25)28(19-23)30-22-41(33)13-3-14-42(30)26-6-11-36-12-7-26/h1-2,4-5,18-19,21,26-27,30-31,36H,3,6-17,20,22H2,(H,37,39)(H,38,45)/t30?,31-/m1/s1. The Morgan fingerprint density at radius 1 is 0.936 bits per heavy atom. The van der Waals surface area contributed by atoms with Crippen LogP contribution in [0.25, 0.3) is 10.9 Å². The summed E-state index contributed by atoms with van der Waals surface area (Å²) in [6, 6.07) is 12.6. The summed E-state index contributed by atoms with van der Waals surface area (Å²) in [5.41, 5.74) is 5.17. The molecule has 4 amide bonds. The number of hydrogen-bond acceptors (Lipinski definition) is 7. The minimum Gasteiger partial charge on any atom is -0.436 e. The molecule has 3 N–H and O–H groups in total. The minimum absolute atomic E-state index is 0.0323. The van der Waals surface area contributed by atoms with E-state index in [1.54, 1.807) is 4.90 Å².